The third-order valence-corrected chi connectivity index (χ3v) is 9.19. The molecule has 3 aromatic rings. The number of hydrogen-bond donors (Lipinski definition) is 3. The molecule has 44 heavy (non-hydrogen) atoms. The maximum absolute atomic E-state index is 14.1. The Bertz CT molecular complexity index is 1620. The van der Waals surface area contributed by atoms with Crippen LogP contribution in [0, 0.1) is 5.82 Å². The molecule has 2 aliphatic rings. The van der Waals surface area contributed by atoms with Crippen molar-refractivity contribution < 1.29 is 17.5 Å². The van der Waals surface area contributed by atoms with Gasteiger partial charge in [0.1, 0.15) is 16.6 Å². The minimum Gasteiger partial charge on any atom is -0.494 e. The van der Waals surface area contributed by atoms with Crippen molar-refractivity contribution in [2.45, 2.75) is 18.9 Å². The lowest BCUT2D eigenvalue weighted by molar-refractivity contribution is 0.0982. The molecule has 2 saturated heterocycles. The lowest BCUT2D eigenvalue weighted by atomic mass is 10.0. The van der Waals surface area contributed by atoms with Crippen LogP contribution < -0.4 is 25.0 Å². The Morgan fingerprint density at radius 2 is 1.59 bits per heavy atom. The van der Waals surface area contributed by atoms with E-state index in [1.807, 2.05) is 6.07 Å². The molecule has 3 N–H and O–H groups in total. The fourth-order valence-electron chi connectivity index (χ4n) is 5.41. The SMILES string of the molecule is COc1cc(N2CCC(N3CCN(C)CC3)CC2)c(Cl)cc1Nc1ncc(Cl)c(Nc2cc(Cl)c(F)cc2NS(C)(=O)=O)n1. The van der Waals surface area contributed by atoms with Gasteiger partial charge in [-0.2, -0.15) is 4.98 Å². The molecule has 0 aliphatic carbocycles. The smallest absolute Gasteiger partial charge is 0.229 e. The normalized spacial score (nSPS) is 17.0. The Labute approximate surface area is 271 Å². The number of anilines is 6. The van der Waals surface area contributed by atoms with Gasteiger partial charge in [0.25, 0.3) is 0 Å². The van der Waals surface area contributed by atoms with Crippen LogP contribution in [0.15, 0.2) is 30.5 Å². The Hall–Kier alpha value is -2.81. The summed E-state index contributed by atoms with van der Waals surface area (Å²) in [7, 11) is 0.0166. The second-order valence-corrected chi connectivity index (χ2v) is 13.9. The van der Waals surface area contributed by atoms with Crippen LogP contribution in [0.3, 0.4) is 0 Å². The Morgan fingerprint density at radius 3 is 2.25 bits per heavy atom. The first-order valence-electron chi connectivity index (χ1n) is 14.0. The fourth-order valence-corrected chi connectivity index (χ4v) is 6.56. The third-order valence-electron chi connectivity index (χ3n) is 7.73. The molecule has 3 heterocycles. The molecular formula is C28H34Cl3FN8O3S. The fraction of sp³-hybridized carbons (Fsp3) is 0.429. The van der Waals surface area contributed by atoms with Gasteiger partial charge in [-0.15, -0.1) is 0 Å². The van der Waals surface area contributed by atoms with E-state index in [2.05, 4.69) is 47.1 Å². The molecule has 16 heteroatoms. The predicted octanol–water partition coefficient (Wildman–Crippen LogP) is 5.66. The summed E-state index contributed by atoms with van der Waals surface area (Å²) < 4.78 is 45.8. The molecule has 238 valence electrons. The van der Waals surface area contributed by atoms with E-state index < -0.39 is 15.8 Å². The molecule has 1 aromatic heterocycles. The summed E-state index contributed by atoms with van der Waals surface area (Å²) in [6, 6.07) is 6.44. The van der Waals surface area contributed by atoms with Gasteiger partial charge in [0, 0.05) is 57.4 Å². The molecule has 0 unspecified atom stereocenters. The first-order valence-corrected chi connectivity index (χ1v) is 17.0. The van der Waals surface area contributed by atoms with Crippen molar-refractivity contribution in [1.29, 1.82) is 0 Å². The molecular weight excluding hydrogens is 654 g/mol. The van der Waals surface area contributed by atoms with Crippen molar-refractivity contribution in [3.05, 3.63) is 51.3 Å². The number of likely N-dealkylation sites (N-methyl/N-ethyl adjacent to an activating group) is 1. The molecule has 2 aromatic carbocycles. The number of ether oxygens (including phenoxy) is 1. The van der Waals surface area contributed by atoms with E-state index in [0.29, 0.717) is 22.5 Å². The van der Waals surface area contributed by atoms with Gasteiger partial charge in [-0.1, -0.05) is 34.8 Å². The standard InChI is InChI=1S/C28H34Cl3FN8O3S/c1-38-8-10-39(11-9-38)17-4-6-40(7-5-17)25-15-26(43-2)24(13-19(25)30)35-28-33-16-20(31)27(36-28)34-22-12-18(29)21(32)14-23(22)37-44(3,41)42/h12-17,37H,4-11H2,1-3H3,(H2,33,34,35,36). The summed E-state index contributed by atoms with van der Waals surface area (Å²) in [5, 5.41) is 6.48. The molecule has 2 fully saturated rings. The van der Waals surface area contributed by atoms with E-state index in [4.69, 9.17) is 39.5 Å². The van der Waals surface area contributed by atoms with Crippen molar-refractivity contribution in [3.63, 3.8) is 0 Å². The zero-order valence-electron chi connectivity index (χ0n) is 24.5. The lowest BCUT2D eigenvalue weighted by Crippen LogP contribution is -2.52. The van der Waals surface area contributed by atoms with Crippen LogP contribution in [-0.2, 0) is 10.0 Å². The molecule has 0 radical (unpaired) electrons. The van der Waals surface area contributed by atoms with Crippen LogP contribution in [0.4, 0.5) is 38.9 Å². The van der Waals surface area contributed by atoms with Gasteiger partial charge in [0.15, 0.2) is 5.82 Å². The van der Waals surface area contributed by atoms with Crippen LogP contribution in [0.5, 0.6) is 5.75 Å². The van der Waals surface area contributed by atoms with E-state index in [9.17, 15) is 12.8 Å². The monoisotopic (exact) mass is 686 g/mol. The quantitative estimate of drug-likeness (QED) is 0.261. The number of benzene rings is 2. The maximum Gasteiger partial charge on any atom is 0.229 e. The van der Waals surface area contributed by atoms with Gasteiger partial charge in [-0.05, 0) is 32.0 Å². The highest BCUT2D eigenvalue weighted by molar-refractivity contribution is 7.92. The minimum atomic E-state index is -3.73. The molecule has 11 nitrogen and oxygen atoms in total. The van der Waals surface area contributed by atoms with Crippen molar-refractivity contribution in [2.24, 2.45) is 0 Å². The van der Waals surface area contributed by atoms with E-state index >= 15 is 0 Å². The molecule has 0 bridgehead atoms. The number of halogens is 4. The van der Waals surface area contributed by atoms with E-state index in [1.54, 1.807) is 13.2 Å². The van der Waals surface area contributed by atoms with Crippen LogP contribution in [-0.4, -0.2) is 93.9 Å². The zero-order chi connectivity index (χ0) is 31.6. The summed E-state index contributed by atoms with van der Waals surface area (Å²) in [6.07, 6.45) is 4.44. The lowest BCUT2D eigenvalue weighted by Gasteiger charge is -2.42. The number of piperidine rings is 1. The first kappa shape index (κ1) is 32.6. The van der Waals surface area contributed by atoms with Gasteiger partial charge in [0.2, 0.25) is 16.0 Å². The predicted molar refractivity (Wildman–Crippen MR) is 176 cm³/mol. The van der Waals surface area contributed by atoms with Gasteiger partial charge in [0.05, 0.1) is 52.4 Å². The minimum absolute atomic E-state index is 0.0739. The van der Waals surface area contributed by atoms with Crippen LogP contribution in [0.25, 0.3) is 0 Å². The van der Waals surface area contributed by atoms with E-state index in [0.717, 1.165) is 70.1 Å². The number of methoxy groups -OCH3 is 1. The zero-order valence-corrected chi connectivity index (χ0v) is 27.6. The highest BCUT2D eigenvalue weighted by Gasteiger charge is 2.28. The van der Waals surface area contributed by atoms with Crippen molar-refractivity contribution in [2.75, 3.05) is 79.9 Å². The Balaban J connectivity index is 1.32. The van der Waals surface area contributed by atoms with Crippen LogP contribution in [0.1, 0.15) is 12.8 Å². The summed E-state index contributed by atoms with van der Waals surface area (Å²) >= 11 is 19.1. The number of hydrogen-bond acceptors (Lipinski definition) is 10. The van der Waals surface area contributed by atoms with E-state index in [1.165, 1.54) is 12.3 Å². The number of aromatic nitrogens is 2. The van der Waals surface area contributed by atoms with Crippen molar-refractivity contribution >= 4 is 79.3 Å². The first-order chi connectivity index (χ1) is 20.9. The van der Waals surface area contributed by atoms with Crippen molar-refractivity contribution in [3.8, 4) is 5.75 Å². The molecule has 5 rings (SSSR count). The summed E-state index contributed by atoms with van der Waals surface area (Å²) in [6.45, 7) is 6.22. The molecule has 2 aliphatic heterocycles. The average molecular weight is 688 g/mol. The molecule has 0 amide bonds. The van der Waals surface area contributed by atoms with Gasteiger partial charge in [-0.3, -0.25) is 9.62 Å². The second-order valence-electron chi connectivity index (χ2n) is 10.9. The molecule has 0 atom stereocenters. The van der Waals surface area contributed by atoms with Gasteiger partial charge in [-0.25, -0.2) is 17.8 Å². The number of nitrogens with zero attached hydrogens (tertiary/aromatic N) is 5. The second kappa shape index (κ2) is 13.7. The number of sulfonamides is 1. The topological polar surface area (TPSA) is 115 Å². The third kappa shape index (κ3) is 7.88. The molecule has 0 spiro atoms. The maximum atomic E-state index is 14.1. The van der Waals surface area contributed by atoms with E-state index in [-0.39, 0.29) is 33.2 Å². The largest absolute Gasteiger partial charge is 0.494 e. The van der Waals surface area contributed by atoms with Gasteiger partial charge < -0.3 is 25.2 Å². The Morgan fingerprint density at radius 1 is 0.909 bits per heavy atom. The summed E-state index contributed by atoms with van der Waals surface area (Å²) in [5.74, 6) is 0.0149. The summed E-state index contributed by atoms with van der Waals surface area (Å²) in [4.78, 5) is 16.0. The van der Waals surface area contributed by atoms with Crippen LogP contribution in [0.2, 0.25) is 15.1 Å². The van der Waals surface area contributed by atoms with Crippen LogP contribution >= 0.6 is 34.8 Å². The number of nitrogens with one attached hydrogen (secondary N) is 3. The van der Waals surface area contributed by atoms with Gasteiger partial charge >= 0.3 is 0 Å². The van der Waals surface area contributed by atoms with Crippen molar-refractivity contribution in [1.82, 2.24) is 19.8 Å². The Kier molecular flexibility index (Phi) is 10.1. The highest BCUT2D eigenvalue weighted by atomic mass is 35.5. The number of rotatable bonds is 9. The average Bonchev–Trinajstić information content (AvgIpc) is 2.97. The summed E-state index contributed by atoms with van der Waals surface area (Å²) in [5.41, 5.74) is 1.49. The number of piperazine rings is 1. The molecule has 0 saturated carbocycles. The highest BCUT2D eigenvalue weighted by Crippen LogP contribution is 2.39.